The van der Waals surface area contributed by atoms with Crippen LogP contribution in [-0.4, -0.2) is 33.8 Å². The quantitative estimate of drug-likeness (QED) is 0.794. The first-order chi connectivity index (χ1) is 12.1. The van der Waals surface area contributed by atoms with Crippen molar-refractivity contribution in [3.63, 3.8) is 0 Å². The van der Waals surface area contributed by atoms with Crippen molar-refractivity contribution in [2.75, 3.05) is 11.9 Å². The number of ether oxygens (including phenoxy) is 1. The van der Waals surface area contributed by atoms with Crippen molar-refractivity contribution in [1.82, 2.24) is 15.1 Å². The Balaban J connectivity index is 1.53. The van der Waals surface area contributed by atoms with Crippen molar-refractivity contribution in [3.8, 4) is 0 Å². The number of urea groups is 1. The van der Waals surface area contributed by atoms with Gasteiger partial charge in [-0.15, -0.1) is 0 Å². The summed E-state index contributed by atoms with van der Waals surface area (Å²) in [6.45, 7) is 3.41. The summed E-state index contributed by atoms with van der Waals surface area (Å²) in [4.78, 5) is 14.7. The van der Waals surface area contributed by atoms with Crippen LogP contribution in [-0.2, 0) is 17.7 Å². The van der Waals surface area contributed by atoms with E-state index in [-0.39, 0.29) is 18.2 Å². The van der Waals surface area contributed by atoms with Crippen LogP contribution in [0.3, 0.4) is 0 Å². The van der Waals surface area contributed by atoms with Gasteiger partial charge in [-0.3, -0.25) is 5.10 Å². The van der Waals surface area contributed by atoms with Gasteiger partial charge in [0.2, 0.25) is 0 Å². The molecule has 2 aliphatic rings. The second-order valence-electron chi connectivity index (χ2n) is 6.69. The van der Waals surface area contributed by atoms with Gasteiger partial charge in [0.15, 0.2) is 0 Å². The van der Waals surface area contributed by atoms with Crippen LogP contribution in [0.2, 0.25) is 0 Å². The van der Waals surface area contributed by atoms with Gasteiger partial charge in [-0.1, -0.05) is 22.0 Å². The standard InChI is InChI=1S/C18H21BrN4O2/c1-11-8-15-14(17(22-21-15)16-6-3-7-25-16)10-23(11)18(24)20-13-5-2-4-12(19)9-13/h2,4-5,9,11,16H,3,6-8,10H2,1H3,(H,20,24)(H,21,22)/t11-,16?/m0/s1. The summed E-state index contributed by atoms with van der Waals surface area (Å²) in [6.07, 6.45) is 2.90. The van der Waals surface area contributed by atoms with Gasteiger partial charge in [0.1, 0.15) is 6.10 Å². The number of nitrogens with one attached hydrogen (secondary N) is 2. The third kappa shape index (κ3) is 3.30. The summed E-state index contributed by atoms with van der Waals surface area (Å²) in [5.41, 5.74) is 4.00. The third-order valence-electron chi connectivity index (χ3n) is 4.92. The number of benzene rings is 1. The highest BCUT2D eigenvalue weighted by molar-refractivity contribution is 9.10. The summed E-state index contributed by atoms with van der Waals surface area (Å²) >= 11 is 3.43. The first-order valence-electron chi connectivity index (χ1n) is 8.62. The molecule has 1 fully saturated rings. The lowest BCUT2D eigenvalue weighted by Gasteiger charge is -2.33. The minimum atomic E-state index is -0.0873. The van der Waals surface area contributed by atoms with E-state index in [9.17, 15) is 4.79 Å². The SMILES string of the molecule is C[C@H]1Cc2[nH]nc(C3CCCO3)c2CN1C(=O)Nc1cccc(Br)c1. The minimum Gasteiger partial charge on any atom is -0.372 e. The van der Waals surface area contributed by atoms with Gasteiger partial charge in [0, 0.05) is 40.5 Å². The van der Waals surface area contributed by atoms with E-state index in [2.05, 4.69) is 38.4 Å². The molecule has 132 valence electrons. The molecule has 3 heterocycles. The van der Waals surface area contributed by atoms with Crippen LogP contribution >= 0.6 is 15.9 Å². The van der Waals surface area contributed by atoms with E-state index in [0.29, 0.717) is 6.54 Å². The lowest BCUT2D eigenvalue weighted by Crippen LogP contribution is -2.45. The number of aromatic nitrogens is 2. The zero-order valence-corrected chi connectivity index (χ0v) is 15.7. The molecule has 2 atom stereocenters. The minimum absolute atomic E-state index is 0.0587. The number of carbonyl (C=O) groups excluding carboxylic acids is 1. The summed E-state index contributed by atoms with van der Waals surface area (Å²) in [7, 11) is 0. The van der Waals surface area contributed by atoms with E-state index < -0.39 is 0 Å². The summed E-state index contributed by atoms with van der Waals surface area (Å²) in [5, 5.41) is 10.6. The normalized spacial score (nSPS) is 22.7. The van der Waals surface area contributed by atoms with Crippen LogP contribution in [0.4, 0.5) is 10.5 Å². The smallest absolute Gasteiger partial charge is 0.322 e. The fraction of sp³-hybridized carbons (Fsp3) is 0.444. The first kappa shape index (κ1) is 16.6. The van der Waals surface area contributed by atoms with Crippen molar-refractivity contribution in [2.45, 2.75) is 44.9 Å². The van der Waals surface area contributed by atoms with E-state index >= 15 is 0 Å². The zero-order valence-electron chi connectivity index (χ0n) is 14.1. The Morgan fingerprint density at radius 1 is 1.48 bits per heavy atom. The van der Waals surface area contributed by atoms with Crippen LogP contribution in [0.15, 0.2) is 28.7 Å². The maximum absolute atomic E-state index is 12.8. The molecule has 0 radical (unpaired) electrons. The molecular formula is C18H21BrN4O2. The average Bonchev–Trinajstić information content (AvgIpc) is 3.22. The summed E-state index contributed by atoms with van der Waals surface area (Å²) in [5.74, 6) is 0. The molecule has 4 rings (SSSR count). The molecule has 2 amide bonds. The van der Waals surface area contributed by atoms with Crippen LogP contribution in [0.1, 0.15) is 42.8 Å². The lowest BCUT2D eigenvalue weighted by atomic mass is 9.97. The molecule has 7 heteroatoms. The number of carbonyl (C=O) groups is 1. The van der Waals surface area contributed by atoms with Gasteiger partial charge in [0.25, 0.3) is 0 Å². The number of hydrogen-bond acceptors (Lipinski definition) is 3. The van der Waals surface area contributed by atoms with Crippen LogP contribution in [0.5, 0.6) is 0 Å². The van der Waals surface area contributed by atoms with Gasteiger partial charge in [-0.25, -0.2) is 4.79 Å². The highest BCUT2D eigenvalue weighted by atomic mass is 79.9. The number of fused-ring (bicyclic) bond motifs is 1. The predicted octanol–water partition coefficient (Wildman–Crippen LogP) is 4.00. The van der Waals surface area contributed by atoms with Crippen molar-refractivity contribution in [1.29, 1.82) is 0 Å². The van der Waals surface area contributed by atoms with Gasteiger partial charge >= 0.3 is 6.03 Å². The van der Waals surface area contributed by atoms with Crippen molar-refractivity contribution in [3.05, 3.63) is 45.7 Å². The highest BCUT2D eigenvalue weighted by Gasteiger charge is 2.33. The number of anilines is 1. The maximum atomic E-state index is 12.8. The number of halogens is 1. The molecule has 1 aromatic heterocycles. The summed E-state index contributed by atoms with van der Waals surface area (Å²) < 4.78 is 6.73. The number of H-pyrrole nitrogens is 1. The predicted molar refractivity (Wildman–Crippen MR) is 98.4 cm³/mol. The first-order valence-corrected chi connectivity index (χ1v) is 9.42. The molecule has 2 N–H and O–H groups in total. The maximum Gasteiger partial charge on any atom is 0.322 e. The number of rotatable bonds is 2. The average molecular weight is 405 g/mol. The van der Waals surface area contributed by atoms with Gasteiger partial charge in [0.05, 0.1) is 12.2 Å². The molecule has 0 spiro atoms. The Labute approximate surface area is 155 Å². The second-order valence-corrected chi connectivity index (χ2v) is 7.60. The van der Waals surface area contributed by atoms with Crippen LogP contribution in [0, 0.1) is 0 Å². The molecular weight excluding hydrogens is 384 g/mol. The van der Waals surface area contributed by atoms with E-state index in [1.807, 2.05) is 29.2 Å². The Morgan fingerprint density at radius 2 is 2.36 bits per heavy atom. The molecule has 2 aliphatic heterocycles. The fourth-order valence-electron chi connectivity index (χ4n) is 3.59. The van der Waals surface area contributed by atoms with Gasteiger partial charge in [-0.2, -0.15) is 5.10 Å². The topological polar surface area (TPSA) is 70.2 Å². The summed E-state index contributed by atoms with van der Waals surface area (Å²) in [6, 6.07) is 7.65. The zero-order chi connectivity index (χ0) is 17.4. The molecule has 0 aliphatic carbocycles. The molecule has 1 saturated heterocycles. The molecule has 0 saturated carbocycles. The highest BCUT2D eigenvalue weighted by Crippen LogP contribution is 2.34. The van der Waals surface area contributed by atoms with Crippen molar-refractivity contribution < 1.29 is 9.53 Å². The molecule has 1 unspecified atom stereocenters. The van der Waals surface area contributed by atoms with Crippen LogP contribution < -0.4 is 5.32 Å². The number of nitrogens with zero attached hydrogens (tertiary/aromatic N) is 2. The Morgan fingerprint density at radius 3 is 3.12 bits per heavy atom. The number of aromatic amines is 1. The largest absolute Gasteiger partial charge is 0.372 e. The van der Waals surface area contributed by atoms with Crippen LogP contribution in [0.25, 0.3) is 0 Å². The molecule has 25 heavy (non-hydrogen) atoms. The fourth-order valence-corrected chi connectivity index (χ4v) is 3.99. The van der Waals surface area contributed by atoms with E-state index in [1.54, 1.807) is 0 Å². The lowest BCUT2D eigenvalue weighted by molar-refractivity contribution is 0.106. The van der Waals surface area contributed by atoms with E-state index in [4.69, 9.17) is 4.74 Å². The molecule has 1 aromatic carbocycles. The van der Waals surface area contributed by atoms with E-state index in [1.165, 1.54) is 0 Å². The monoisotopic (exact) mass is 404 g/mol. The Kier molecular flexibility index (Phi) is 4.52. The number of amides is 2. The van der Waals surface area contributed by atoms with Gasteiger partial charge < -0.3 is 15.0 Å². The van der Waals surface area contributed by atoms with Gasteiger partial charge in [-0.05, 0) is 38.0 Å². The molecule has 6 nitrogen and oxygen atoms in total. The second kappa shape index (κ2) is 6.80. The Hall–Kier alpha value is -1.86. The molecule has 0 bridgehead atoms. The number of hydrogen-bond donors (Lipinski definition) is 2. The van der Waals surface area contributed by atoms with E-state index in [0.717, 1.165) is 53.0 Å². The molecule has 2 aromatic rings. The Bertz CT molecular complexity index is 785. The van der Waals surface area contributed by atoms with Crippen molar-refractivity contribution >= 4 is 27.6 Å². The van der Waals surface area contributed by atoms with Crippen molar-refractivity contribution in [2.24, 2.45) is 0 Å². The third-order valence-corrected chi connectivity index (χ3v) is 5.41.